The first-order chi connectivity index (χ1) is 17.1. The summed E-state index contributed by atoms with van der Waals surface area (Å²) >= 11 is 0. The molecular formula is C28H54O7. The lowest BCUT2D eigenvalue weighted by molar-refractivity contribution is -0.223. The minimum absolute atomic E-state index is 0.496. The first kappa shape index (κ1) is 33.6. The van der Waals surface area contributed by atoms with Crippen LogP contribution in [0.5, 0.6) is 0 Å². The van der Waals surface area contributed by atoms with Crippen LogP contribution in [0.25, 0.3) is 0 Å². The fourth-order valence-electron chi connectivity index (χ4n) is 4.03. The molecule has 35 heavy (non-hydrogen) atoms. The Morgan fingerprint density at radius 2 is 0.800 bits per heavy atom. The van der Waals surface area contributed by atoms with Gasteiger partial charge in [-0.2, -0.15) is 0 Å². The molecule has 208 valence electrons. The van der Waals surface area contributed by atoms with Gasteiger partial charge in [0.1, 0.15) is 11.5 Å². The largest absolute Gasteiger partial charge is 0.497 e. The molecule has 0 aliphatic rings. The standard InChI is InChI=1S/C28H54O7/c1-9-11-13-15-17-19-21-23(29-3)25(31-5)27(33-7)35-28(34-8)26(32-6)24(30-4)22-20-18-16-14-12-10-2/h27-28H,9-22H2,1-8H3. The van der Waals surface area contributed by atoms with Gasteiger partial charge in [0.2, 0.25) is 12.6 Å². The third-order valence-electron chi connectivity index (χ3n) is 6.10. The zero-order chi connectivity index (χ0) is 26.3. The van der Waals surface area contributed by atoms with Gasteiger partial charge in [-0.25, -0.2) is 0 Å². The Morgan fingerprint density at radius 3 is 1.09 bits per heavy atom. The van der Waals surface area contributed by atoms with Crippen LogP contribution < -0.4 is 0 Å². The van der Waals surface area contributed by atoms with Crippen molar-refractivity contribution in [2.24, 2.45) is 0 Å². The molecule has 0 aromatic rings. The van der Waals surface area contributed by atoms with E-state index in [1.54, 1.807) is 42.7 Å². The van der Waals surface area contributed by atoms with Gasteiger partial charge in [0.25, 0.3) is 0 Å². The highest BCUT2D eigenvalue weighted by Gasteiger charge is 2.29. The second-order valence-electron chi connectivity index (χ2n) is 8.70. The SMILES string of the molecule is CCCCCCCCC(OC)=C(OC)C(OC)OC(OC)C(OC)=C(CCCCCCCC)OC. The van der Waals surface area contributed by atoms with Crippen molar-refractivity contribution < 1.29 is 33.2 Å². The maximum atomic E-state index is 6.17. The molecule has 0 aromatic carbocycles. The van der Waals surface area contributed by atoms with Crippen LogP contribution in [0.2, 0.25) is 0 Å². The van der Waals surface area contributed by atoms with Crippen molar-refractivity contribution in [2.45, 2.75) is 116 Å². The number of ether oxygens (including phenoxy) is 7. The van der Waals surface area contributed by atoms with Crippen LogP contribution in [0, 0.1) is 0 Å². The molecule has 0 amide bonds. The van der Waals surface area contributed by atoms with E-state index in [1.807, 2.05) is 0 Å². The molecule has 0 aromatic heterocycles. The minimum Gasteiger partial charge on any atom is -0.497 e. The summed E-state index contributed by atoms with van der Waals surface area (Å²) in [6, 6.07) is 0. The van der Waals surface area contributed by atoms with Gasteiger partial charge < -0.3 is 33.2 Å². The second kappa shape index (κ2) is 23.0. The van der Waals surface area contributed by atoms with Crippen molar-refractivity contribution in [3.63, 3.8) is 0 Å². The molecule has 2 unspecified atom stereocenters. The van der Waals surface area contributed by atoms with Gasteiger partial charge in [-0.15, -0.1) is 0 Å². The first-order valence-corrected chi connectivity index (χ1v) is 13.4. The second-order valence-corrected chi connectivity index (χ2v) is 8.70. The van der Waals surface area contributed by atoms with E-state index in [4.69, 9.17) is 33.2 Å². The predicted molar refractivity (Wildman–Crippen MR) is 141 cm³/mol. The van der Waals surface area contributed by atoms with E-state index in [0.717, 1.165) is 38.5 Å². The van der Waals surface area contributed by atoms with E-state index in [0.29, 0.717) is 23.0 Å². The molecule has 0 bridgehead atoms. The number of hydrogen-bond donors (Lipinski definition) is 0. The molecule has 2 atom stereocenters. The lowest BCUT2D eigenvalue weighted by atomic mass is 10.1. The Morgan fingerprint density at radius 1 is 0.457 bits per heavy atom. The van der Waals surface area contributed by atoms with Crippen molar-refractivity contribution in [2.75, 3.05) is 42.7 Å². The van der Waals surface area contributed by atoms with Crippen LogP contribution in [0.1, 0.15) is 104 Å². The molecule has 7 heteroatoms. The summed E-state index contributed by atoms with van der Waals surface area (Å²) in [6.45, 7) is 4.45. The summed E-state index contributed by atoms with van der Waals surface area (Å²) in [5.74, 6) is 2.42. The van der Waals surface area contributed by atoms with Crippen molar-refractivity contribution in [3.05, 3.63) is 23.0 Å². The number of allylic oxidation sites excluding steroid dienone is 2. The van der Waals surface area contributed by atoms with Crippen LogP contribution in [-0.2, 0) is 33.2 Å². The van der Waals surface area contributed by atoms with Crippen molar-refractivity contribution >= 4 is 0 Å². The highest BCUT2D eigenvalue weighted by atomic mass is 16.8. The molecule has 0 spiro atoms. The summed E-state index contributed by atoms with van der Waals surface area (Å²) < 4.78 is 40.1. The number of unbranched alkanes of at least 4 members (excludes halogenated alkanes) is 10. The molecule has 0 N–H and O–H groups in total. The summed E-state index contributed by atoms with van der Waals surface area (Å²) in [7, 11) is 9.63. The summed E-state index contributed by atoms with van der Waals surface area (Å²) in [4.78, 5) is 0. The van der Waals surface area contributed by atoms with Crippen LogP contribution in [0.15, 0.2) is 23.0 Å². The van der Waals surface area contributed by atoms with Gasteiger partial charge >= 0.3 is 0 Å². The number of methoxy groups -OCH3 is 6. The van der Waals surface area contributed by atoms with E-state index < -0.39 is 12.6 Å². The fraction of sp³-hybridized carbons (Fsp3) is 0.857. The quantitative estimate of drug-likeness (QED) is 0.0771. The van der Waals surface area contributed by atoms with Crippen LogP contribution in [-0.4, -0.2) is 55.2 Å². The van der Waals surface area contributed by atoms with E-state index in [2.05, 4.69) is 13.8 Å². The normalized spacial score (nSPS) is 14.6. The van der Waals surface area contributed by atoms with Crippen molar-refractivity contribution in [3.8, 4) is 0 Å². The third kappa shape index (κ3) is 14.0. The summed E-state index contributed by atoms with van der Waals surface area (Å²) in [6.07, 6.45) is 14.2. The predicted octanol–water partition coefficient (Wildman–Crippen LogP) is 7.46. The van der Waals surface area contributed by atoms with Gasteiger partial charge in [-0.1, -0.05) is 78.1 Å². The molecule has 0 rings (SSSR count). The number of hydrogen-bond acceptors (Lipinski definition) is 7. The molecule has 0 radical (unpaired) electrons. The Bertz CT molecular complexity index is 512. The average Bonchev–Trinajstić information content (AvgIpc) is 2.88. The summed E-state index contributed by atoms with van der Waals surface area (Å²) in [5, 5.41) is 0. The van der Waals surface area contributed by atoms with Gasteiger partial charge in [-0.3, -0.25) is 0 Å². The first-order valence-electron chi connectivity index (χ1n) is 13.4. The number of rotatable bonds is 24. The maximum absolute atomic E-state index is 6.17. The topological polar surface area (TPSA) is 64.6 Å². The molecule has 0 saturated carbocycles. The molecule has 0 aliphatic carbocycles. The molecule has 0 aliphatic heterocycles. The maximum Gasteiger partial charge on any atom is 0.222 e. The van der Waals surface area contributed by atoms with Crippen LogP contribution in [0.4, 0.5) is 0 Å². The molecule has 7 nitrogen and oxygen atoms in total. The fourth-order valence-corrected chi connectivity index (χ4v) is 4.03. The third-order valence-corrected chi connectivity index (χ3v) is 6.10. The lowest BCUT2D eigenvalue weighted by Gasteiger charge is -2.27. The molecular weight excluding hydrogens is 448 g/mol. The average molecular weight is 503 g/mol. The Labute approximate surface area is 215 Å². The Hall–Kier alpha value is -1.44. The molecule has 0 heterocycles. The van der Waals surface area contributed by atoms with Crippen molar-refractivity contribution in [1.82, 2.24) is 0 Å². The summed E-state index contributed by atoms with van der Waals surface area (Å²) in [5.41, 5.74) is 0. The molecule has 0 fully saturated rings. The minimum atomic E-state index is -0.822. The van der Waals surface area contributed by atoms with Gasteiger partial charge in [0.05, 0.1) is 28.4 Å². The Balaban J connectivity index is 5.36. The van der Waals surface area contributed by atoms with Crippen molar-refractivity contribution in [1.29, 1.82) is 0 Å². The van der Waals surface area contributed by atoms with Crippen LogP contribution in [0.3, 0.4) is 0 Å². The Kier molecular flexibility index (Phi) is 22.0. The van der Waals surface area contributed by atoms with Gasteiger partial charge in [0.15, 0.2) is 11.5 Å². The zero-order valence-electron chi connectivity index (χ0n) is 23.9. The highest BCUT2D eigenvalue weighted by Crippen LogP contribution is 2.26. The monoisotopic (exact) mass is 502 g/mol. The van der Waals surface area contributed by atoms with Crippen LogP contribution >= 0.6 is 0 Å². The zero-order valence-corrected chi connectivity index (χ0v) is 23.9. The van der Waals surface area contributed by atoms with E-state index in [-0.39, 0.29) is 0 Å². The molecule has 0 saturated heterocycles. The van der Waals surface area contributed by atoms with Gasteiger partial charge in [0, 0.05) is 27.1 Å². The van der Waals surface area contributed by atoms with E-state index in [1.165, 1.54) is 51.4 Å². The lowest BCUT2D eigenvalue weighted by Crippen LogP contribution is -2.31. The smallest absolute Gasteiger partial charge is 0.222 e. The van der Waals surface area contributed by atoms with E-state index >= 15 is 0 Å². The van der Waals surface area contributed by atoms with E-state index in [9.17, 15) is 0 Å². The van der Waals surface area contributed by atoms with Gasteiger partial charge in [-0.05, 0) is 12.8 Å². The highest BCUT2D eigenvalue weighted by molar-refractivity contribution is 5.08.